The normalized spacial score (nSPS) is 30.2. The number of hydrogen-bond acceptors (Lipinski definition) is 3. The molecule has 1 aromatic carbocycles. The fourth-order valence-corrected chi connectivity index (χ4v) is 2.82. The number of carbonyl (C=O) groups excluding carboxylic acids is 2. The first-order chi connectivity index (χ1) is 9.15. The highest BCUT2D eigenvalue weighted by Gasteiger charge is 2.45. The van der Waals surface area contributed by atoms with Crippen LogP contribution in [0.5, 0.6) is 0 Å². The van der Waals surface area contributed by atoms with Crippen LogP contribution >= 0.6 is 0 Å². The average Bonchev–Trinajstić information content (AvgIpc) is 2.80. The number of nitrogens with one attached hydrogen (secondary N) is 1. The molecule has 0 unspecified atom stereocenters. The van der Waals surface area contributed by atoms with Gasteiger partial charge in [0.2, 0.25) is 11.8 Å². The molecule has 0 radical (unpaired) electrons. The van der Waals surface area contributed by atoms with Crippen LogP contribution in [0.1, 0.15) is 12.0 Å². The third-order valence-corrected chi connectivity index (χ3v) is 3.76. The summed E-state index contributed by atoms with van der Waals surface area (Å²) in [5.74, 6) is -0.248. The smallest absolute Gasteiger partial charge is 0.246 e. The van der Waals surface area contributed by atoms with Gasteiger partial charge in [-0.25, -0.2) is 0 Å². The van der Waals surface area contributed by atoms with Gasteiger partial charge in [0.15, 0.2) is 0 Å². The molecule has 2 aliphatic heterocycles. The van der Waals surface area contributed by atoms with Crippen molar-refractivity contribution in [2.75, 3.05) is 6.54 Å². The second kappa shape index (κ2) is 4.66. The predicted octanol–water partition coefficient (Wildman–Crippen LogP) is -0.311. The van der Waals surface area contributed by atoms with E-state index in [2.05, 4.69) is 5.32 Å². The van der Waals surface area contributed by atoms with Gasteiger partial charge in [-0.15, -0.1) is 0 Å². The molecule has 2 aliphatic rings. The molecule has 0 spiro atoms. The van der Waals surface area contributed by atoms with E-state index in [1.807, 2.05) is 30.3 Å². The monoisotopic (exact) mass is 260 g/mol. The largest absolute Gasteiger partial charge is 0.391 e. The van der Waals surface area contributed by atoms with Gasteiger partial charge in [-0.3, -0.25) is 9.59 Å². The second-order valence-electron chi connectivity index (χ2n) is 5.15. The van der Waals surface area contributed by atoms with Gasteiger partial charge >= 0.3 is 0 Å². The maximum Gasteiger partial charge on any atom is 0.246 e. The van der Waals surface area contributed by atoms with E-state index in [-0.39, 0.29) is 18.4 Å². The van der Waals surface area contributed by atoms with Crippen LogP contribution in [0.25, 0.3) is 0 Å². The summed E-state index contributed by atoms with van der Waals surface area (Å²) in [5, 5.41) is 12.4. The zero-order valence-electron chi connectivity index (χ0n) is 10.5. The van der Waals surface area contributed by atoms with Crippen molar-refractivity contribution in [3.05, 3.63) is 35.9 Å². The summed E-state index contributed by atoms with van der Waals surface area (Å²) in [4.78, 5) is 25.8. The van der Waals surface area contributed by atoms with Gasteiger partial charge in [-0.2, -0.15) is 0 Å². The predicted molar refractivity (Wildman–Crippen MR) is 68.2 cm³/mol. The highest BCUT2D eigenvalue weighted by molar-refractivity contribution is 5.97. The summed E-state index contributed by atoms with van der Waals surface area (Å²) < 4.78 is 0. The van der Waals surface area contributed by atoms with Crippen LogP contribution in [0.2, 0.25) is 0 Å². The number of rotatable bonds is 2. The second-order valence-corrected chi connectivity index (χ2v) is 5.15. The summed E-state index contributed by atoms with van der Waals surface area (Å²) >= 11 is 0. The Balaban J connectivity index is 1.77. The van der Waals surface area contributed by atoms with E-state index in [0.717, 1.165) is 5.56 Å². The molecule has 3 rings (SSSR count). The molecule has 100 valence electrons. The lowest BCUT2D eigenvalue weighted by Crippen LogP contribution is -2.61. The van der Waals surface area contributed by atoms with E-state index >= 15 is 0 Å². The van der Waals surface area contributed by atoms with E-state index in [1.54, 1.807) is 0 Å². The van der Waals surface area contributed by atoms with Crippen LogP contribution in [0.15, 0.2) is 30.3 Å². The lowest BCUT2D eigenvalue weighted by atomic mass is 10.0. The van der Waals surface area contributed by atoms with Crippen molar-refractivity contribution in [1.82, 2.24) is 10.2 Å². The van der Waals surface area contributed by atoms with Gasteiger partial charge < -0.3 is 15.3 Å². The molecule has 5 nitrogen and oxygen atoms in total. The van der Waals surface area contributed by atoms with E-state index in [9.17, 15) is 14.7 Å². The molecule has 0 aliphatic carbocycles. The Labute approximate surface area is 111 Å². The molecule has 0 saturated carbocycles. The summed E-state index contributed by atoms with van der Waals surface area (Å²) in [6.07, 6.45) is 0.246. The molecule has 2 heterocycles. The van der Waals surface area contributed by atoms with Crippen molar-refractivity contribution < 1.29 is 14.7 Å². The van der Waals surface area contributed by atoms with Crippen molar-refractivity contribution in [3.8, 4) is 0 Å². The number of fused-ring (bicyclic) bond motifs is 1. The maximum atomic E-state index is 12.3. The summed E-state index contributed by atoms with van der Waals surface area (Å²) in [5.41, 5.74) is 1.01. The third-order valence-electron chi connectivity index (χ3n) is 3.76. The molecular weight excluding hydrogens is 244 g/mol. The van der Waals surface area contributed by atoms with Crippen LogP contribution < -0.4 is 5.32 Å². The SMILES string of the molecule is O=C1N[C@H](Cc2ccccc2)C(=O)N2C[C@H](O)C[C@@H]12. The first kappa shape index (κ1) is 12.2. The molecular formula is C14H16N2O3. The fraction of sp³-hybridized carbons (Fsp3) is 0.429. The minimum absolute atomic E-state index is 0.0926. The van der Waals surface area contributed by atoms with E-state index in [4.69, 9.17) is 0 Å². The van der Waals surface area contributed by atoms with E-state index in [0.29, 0.717) is 12.8 Å². The topological polar surface area (TPSA) is 69.6 Å². The van der Waals surface area contributed by atoms with Gasteiger partial charge in [-0.1, -0.05) is 30.3 Å². The minimum atomic E-state index is -0.588. The zero-order chi connectivity index (χ0) is 13.4. The molecule has 5 heteroatoms. The van der Waals surface area contributed by atoms with Crippen LogP contribution in [-0.2, 0) is 16.0 Å². The Hall–Kier alpha value is -1.88. The van der Waals surface area contributed by atoms with E-state index in [1.165, 1.54) is 4.90 Å². The van der Waals surface area contributed by atoms with Crippen molar-refractivity contribution >= 4 is 11.8 Å². The Morgan fingerprint density at radius 2 is 2.00 bits per heavy atom. The van der Waals surface area contributed by atoms with Gasteiger partial charge in [0.1, 0.15) is 12.1 Å². The number of piperazine rings is 1. The van der Waals surface area contributed by atoms with Crippen LogP contribution in [0, 0.1) is 0 Å². The van der Waals surface area contributed by atoms with Crippen molar-refractivity contribution in [2.24, 2.45) is 0 Å². The number of benzene rings is 1. The Kier molecular flexibility index (Phi) is 2.98. The van der Waals surface area contributed by atoms with Crippen LogP contribution in [0.4, 0.5) is 0 Å². The van der Waals surface area contributed by atoms with Gasteiger partial charge in [0, 0.05) is 19.4 Å². The third kappa shape index (κ3) is 2.21. The minimum Gasteiger partial charge on any atom is -0.391 e. The van der Waals surface area contributed by atoms with Crippen LogP contribution in [-0.4, -0.2) is 46.6 Å². The fourth-order valence-electron chi connectivity index (χ4n) is 2.82. The van der Waals surface area contributed by atoms with E-state index < -0.39 is 18.2 Å². The molecule has 2 amide bonds. The zero-order valence-corrected chi connectivity index (χ0v) is 10.5. The summed E-state index contributed by atoms with van der Waals surface area (Å²) in [6.45, 7) is 0.266. The number of aliphatic hydroxyl groups excluding tert-OH is 1. The highest BCUT2D eigenvalue weighted by Crippen LogP contribution is 2.23. The highest BCUT2D eigenvalue weighted by atomic mass is 16.3. The number of amides is 2. The molecule has 0 bridgehead atoms. The summed E-state index contributed by atoms with van der Waals surface area (Å²) in [6, 6.07) is 8.59. The molecule has 2 fully saturated rings. The first-order valence-electron chi connectivity index (χ1n) is 6.48. The molecule has 19 heavy (non-hydrogen) atoms. The molecule has 2 saturated heterocycles. The number of aliphatic hydroxyl groups is 1. The Morgan fingerprint density at radius 3 is 2.74 bits per heavy atom. The Bertz CT molecular complexity index is 503. The lowest BCUT2D eigenvalue weighted by Gasteiger charge is -2.34. The molecule has 3 atom stereocenters. The number of hydrogen-bond donors (Lipinski definition) is 2. The molecule has 2 N–H and O–H groups in total. The van der Waals surface area contributed by atoms with Gasteiger partial charge in [0.05, 0.1) is 6.10 Å². The van der Waals surface area contributed by atoms with Crippen molar-refractivity contribution in [1.29, 1.82) is 0 Å². The van der Waals surface area contributed by atoms with Crippen molar-refractivity contribution in [3.63, 3.8) is 0 Å². The molecule has 1 aromatic rings. The first-order valence-corrected chi connectivity index (χ1v) is 6.48. The summed E-state index contributed by atoms with van der Waals surface area (Å²) in [7, 11) is 0. The number of carbonyl (C=O) groups is 2. The lowest BCUT2D eigenvalue weighted by molar-refractivity contribution is -0.147. The quantitative estimate of drug-likeness (QED) is 0.766. The standard InChI is InChI=1S/C14H16N2O3/c17-10-7-12-13(18)15-11(14(19)16(12)8-10)6-9-4-2-1-3-5-9/h1-5,10-12,17H,6-8H2,(H,15,18)/t10-,11-,12+/m1/s1. The van der Waals surface area contributed by atoms with Gasteiger partial charge in [-0.05, 0) is 5.56 Å². The average molecular weight is 260 g/mol. The Morgan fingerprint density at radius 1 is 1.26 bits per heavy atom. The van der Waals surface area contributed by atoms with Crippen LogP contribution in [0.3, 0.4) is 0 Å². The maximum absolute atomic E-state index is 12.3. The number of nitrogens with zero attached hydrogens (tertiary/aromatic N) is 1. The van der Waals surface area contributed by atoms with Gasteiger partial charge in [0.25, 0.3) is 0 Å². The molecule has 0 aromatic heterocycles. The van der Waals surface area contributed by atoms with Crippen molar-refractivity contribution in [2.45, 2.75) is 31.0 Å².